The number of hydrogen-bond donors (Lipinski definition) is 3. The van der Waals surface area contributed by atoms with Gasteiger partial charge in [0.1, 0.15) is 5.82 Å². The Morgan fingerprint density at radius 1 is 1.19 bits per heavy atom. The smallest absolute Gasteiger partial charge is 0.320 e. The van der Waals surface area contributed by atoms with E-state index in [9.17, 15) is 9.18 Å². The zero-order valence-electron chi connectivity index (χ0n) is 14.1. The number of hydrogen-bond acceptors (Lipinski definition) is 3. The number of carbonyl (C=O) groups is 1. The maximum absolute atomic E-state index is 14.9. The van der Waals surface area contributed by atoms with Crippen molar-refractivity contribution in [2.45, 2.75) is 13.5 Å². The molecule has 2 aromatic carbocycles. The fourth-order valence-electron chi connectivity index (χ4n) is 2.55. The molecule has 3 N–H and O–H groups in total. The largest absolute Gasteiger partial charge is 0.379 e. The average molecular weight is 373 g/mol. The van der Waals surface area contributed by atoms with Crippen molar-refractivity contribution in [2.75, 3.05) is 17.2 Å². The summed E-state index contributed by atoms with van der Waals surface area (Å²) in [6, 6.07) is 12.3. The van der Waals surface area contributed by atoms with Crippen LogP contribution in [0.2, 0.25) is 5.02 Å². The van der Waals surface area contributed by atoms with E-state index >= 15 is 0 Å². The molecular weight excluding hydrogens is 355 g/mol. The number of halogens is 2. The first kappa shape index (κ1) is 17.9. The molecule has 3 aromatic rings. The summed E-state index contributed by atoms with van der Waals surface area (Å²) in [6.07, 6.45) is 1.45. The van der Waals surface area contributed by atoms with Gasteiger partial charge in [0.2, 0.25) is 0 Å². The Morgan fingerprint density at radius 2 is 1.96 bits per heavy atom. The molecular formula is C19H18ClFN4O. The van der Waals surface area contributed by atoms with Crippen molar-refractivity contribution in [2.24, 2.45) is 0 Å². The van der Waals surface area contributed by atoms with Gasteiger partial charge in [0, 0.05) is 30.1 Å². The zero-order valence-corrected chi connectivity index (χ0v) is 14.9. The third kappa shape index (κ3) is 4.03. The molecule has 0 saturated heterocycles. The minimum atomic E-state index is -0.443. The van der Waals surface area contributed by atoms with Gasteiger partial charge >= 0.3 is 6.03 Å². The van der Waals surface area contributed by atoms with Crippen molar-refractivity contribution in [3.8, 4) is 0 Å². The monoisotopic (exact) mass is 372 g/mol. The number of nitrogens with one attached hydrogen (secondary N) is 3. The summed E-state index contributed by atoms with van der Waals surface area (Å²) >= 11 is 6.28. The lowest BCUT2D eigenvalue weighted by Crippen LogP contribution is -2.28. The van der Waals surface area contributed by atoms with Crippen LogP contribution >= 0.6 is 11.6 Å². The lowest BCUT2D eigenvalue weighted by atomic mass is 10.1. The maximum atomic E-state index is 14.9. The number of nitrogens with zero attached hydrogens (tertiary/aromatic N) is 1. The fourth-order valence-corrected chi connectivity index (χ4v) is 2.81. The highest BCUT2D eigenvalue weighted by Gasteiger charge is 2.13. The summed E-state index contributed by atoms with van der Waals surface area (Å²) in [4.78, 5) is 15.7. The second-order valence-corrected chi connectivity index (χ2v) is 6.07. The molecule has 0 aliphatic rings. The number of amides is 2. The van der Waals surface area contributed by atoms with Gasteiger partial charge < -0.3 is 10.6 Å². The minimum absolute atomic E-state index is 0.249. The van der Waals surface area contributed by atoms with Gasteiger partial charge in [0.25, 0.3) is 0 Å². The summed E-state index contributed by atoms with van der Waals surface area (Å²) in [7, 11) is 0. The van der Waals surface area contributed by atoms with Crippen molar-refractivity contribution >= 4 is 39.9 Å². The van der Waals surface area contributed by atoms with Crippen LogP contribution in [0.25, 0.3) is 10.8 Å². The van der Waals surface area contributed by atoms with Crippen LogP contribution in [0.1, 0.15) is 12.5 Å². The molecule has 1 aromatic heterocycles. The number of rotatable bonds is 5. The summed E-state index contributed by atoms with van der Waals surface area (Å²) in [5.41, 5.74) is 1.32. The van der Waals surface area contributed by atoms with Crippen molar-refractivity contribution in [3.63, 3.8) is 0 Å². The van der Waals surface area contributed by atoms with Crippen molar-refractivity contribution < 1.29 is 9.18 Å². The van der Waals surface area contributed by atoms with Crippen LogP contribution in [0.15, 0.2) is 48.7 Å². The normalized spacial score (nSPS) is 10.6. The molecule has 26 heavy (non-hydrogen) atoms. The number of carbonyl (C=O) groups excluding carboxylic acids is 1. The molecule has 1 heterocycles. The Kier molecular flexibility index (Phi) is 5.53. The van der Waals surface area contributed by atoms with Gasteiger partial charge in [-0.3, -0.25) is 5.32 Å². The second kappa shape index (κ2) is 8.01. The summed E-state index contributed by atoms with van der Waals surface area (Å²) in [5.74, 6) is -0.194. The number of anilines is 2. The zero-order chi connectivity index (χ0) is 18.5. The molecule has 5 nitrogen and oxygen atoms in total. The maximum Gasteiger partial charge on any atom is 0.320 e. The van der Waals surface area contributed by atoms with Gasteiger partial charge in [-0.05, 0) is 24.6 Å². The van der Waals surface area contributed by atoms with Gasteiger partial charge in [0.05, 0.1) is 10.7 Å². The van der Waals surface area contributed by atoms with Crippen molar-refractivity contribution in [3.05, 3.63) is 65.1 Å². The molecule has 0 atom stereocenters. The summed E-state index contributed by atoms with van der Waals surface area (Å²) in [6.45, 7) is 2.75. The van der Waals surface area contributed by atoms with Crippen LogP contribution in [0, 0.1) is 5.82 Å². The van der Waals surface area contributed by atoms with E-state index in [1.54, 1.807) is 13.0 Å². The Hall–Kier alpha value is -2.86. The predicted octanol–water partition coefficient (Wildman–Crippen LogP) is 4.78. The van der Waals surface area contributed by atoms with Gasteiger partial charge in [-0.2, -0.15) is 0 Å². The van der Waals surface area contributed by atoms with Crippen LogP contribution in [-0.2, 0) is 6.54 Å². The van der Waals surface area contributed by atoms with Gasteiger partial charge in [0.15, 0.2) is 5.82 Å². The van der Waals surface area contributed by atoms with E-state index in [0.29, 0.717) is 29.2 Å². The Balaban J connectivity index is 1.90. The van der Waals surface area contributed by atoms with E-state index < -0.39 is 11.8 Å². The standard InChI is InChI=1S/C19H18ClFN4O/c1-2-22-19(26)25-17-8-13-14(11-24-17)15(20)9-16(18(13)21)23-10-12-6-4-3-5-7-12/h3-9,11,23H,2,10H2,1H3,(H2,22,24,25,26). The molecule has 2 amide bonds. The van der Waals surface area contributed by atoms with E-state index in [2.05, 4.69) is 20.9 Å². The van der Waals surface area contributed by atoms with Gasteiger partial charge in [-0.15, -0.1) is 0 Å². The number of urea groups is 1. The van der Waals surface area contributed by atoms with E-state index in [1.807, 2.05) is 30.3 Å². The first-order valence-electron chi connectivity index (χ1n) is 8.19. The molecule has 0 aliphatic carbocycles. The SMILES string of the molecule is CCNC(=O)Nc1cc2c(F)c(NCc3ccccc3)cc(Cl)c2cn1. The van der Waals surface area contributed by atoms with E-state index in [-0.39, 0.29) is 11.2 Å². The molecule has 0 aliphatic heterocycles. The first-order chi connectivity index (χ1) is 12.6. The van der Waals surface area contributed by atoms with Gasteiger partial charge in [-0.25, -0.2) is 14.2 Å². The molecule has 3 rings (SSSR count). The Labute approximate surface area is 155 Å². The van der Waals surface area contributed by atoms with Crippen LogP contribution in [0.3, 0.4) is 0 Å². The average Bonchev–Trinajstić information content (AvgIpc) is 2.64. The highest BCUT2D eigenvalue weighted by atomic mass is 35.5. The van der Waals surface area contributed by atoms with E-state index in [0.717, 1.165) is 5.56 Å². The fraction of sp³-hybridized carbons (Fsp3) is 0.158. The first-order valence-corrected chi connectivity index (χ1v) is 8.56. The molecule has 7 heteroatoms. The topological polar surface area (TPSA) is 66.1 Å². The van der Waals surface area contributed by atoms with Crippen LogP contribution in [-0.4, -0.2) is 17.6 Å². The molecule has 134 valence electrons. The quantitative estimate of drug-likeness (QED) is 0.603. The molecule has 0 bridgehead atoms. The third-order valence-electron chi connectivity index (χ3n) is 3.81. The third-order valence-corrected chi connectivity index (χ3v) is 4.12. The second-order valence-electron chi connectivity index (χ2n) is 5.66. The highest BCUT2D eigenvalue weighted by molar-refractivity contribution is 6.36. The van der Waals surface area contributed by atoms with Crippen molar-refractivity contribution in [1.82, 2.24) is 10.3 Å². The van der Waals surface area contributed by atoms with E-state index in [4.69, 9.17) is 11.6 Å². The van der Waals surface area contributed by atoms with E-state index in [1.165, 1.54) is 12.3 Å². The minimum Gasteiger partial charge on any atom is -0.379 e. The highest BCUT2D eigenvalue weighted by Crippen LogP contribution is 2.32. The molecule has 0 fully saturated rings. The van der Waals surface area contributed by atoms with Crippen LogP contribution in [0.4, 0.5) is 20.7 Å². The van der Waals surface area contributed by atoms with Crippen LogP contribution < -0.4 is 16.0 Å². The number of aromatic nitrogens is 1. The van der Waals surface area contributed by atoms with Crippen molar-refractivity contribution in [1.29, 1.82) is 0 Å². The predicted molar refractivity (Wildman–Crippen MR) is 103 cm³/mol. The Morgan fingerprint density at radius 3 is 2.69 bits per heavy atom. The van der Waals surface area contributed by atoms with Crippen LogP contribution in [0.5, 0.6) is 0 Å². The molecule has 0 unspecified atom stereocenters. The molecule has 0 radical (unpaired) electrons. The molecule has 0 spiro atoms. The lowest BCUT2D eigenvalue weighted by molar-refractivity contribution is 0.252. The number of benzene rings is 2. The lowest BCUT2D eigenvalue weighted by Gasteiger charge is -2.12. The molecule has 0 saturated carbocycles. The van der Waals surface area contributed by atoms with Gasteiger partial charge in [-0.1, -0.05) is 41.9 Å². The Bertz CT molecular complexity index is 934. The summed E-state index contributed by atoms with van der Waals surface area (Å²) in [5, 5.41) is 9.38. The summed E-state index contributed by atoms with van der Waals surface area (Å²) < 4.78 is 14.9. The number of pyridine rings is 1. The number of fused-ring (bicyclic) bond motifs is 1.